The van der Waals surface area contributed by atoms with Crippen LogP contribution in [-0.4, -0.2) is 42.0 Å². The van der Waals surface area contributed by atoms with E-state index in [9.17, 15) is 0 Å². The third-order valence-corrected chi connectivity index (χ3v) is 6.81. The lowest BCUT2D eigenvalue weighted by molar-refractivity contribution is 0.152. The summed E-state index contributed by atoms with van der Waals surface area (Å²) >= 11 is 5.46. The standard InChI is InChI=1S/C15H21BrN2S/c16-15-5-4-12(19-15)9-17-7-11-8-18-6-2-1-3-14(18)13(11)10-17/h4-5,11,13-14H,1-3,6-10H2. The van der Waals surface area contributed by atoms with E-state index in [1.54, 1.807) is 0 Å². The molecule has 3 unspecified atom stereocenters. The second kappa shape index (κ2) is 5.14. The van der Waals surface area contributed by atoms with Gasteiger partial charge in [0.15, 0.2) is 0 Å². The fourth-order valence-corrected chi connectivity index (χ4v) is 5.96. The van der Waals surface area contributed by atoms with E-state index < -0.39 is 0 Å². The Morgan fingerprint density at radius 3 is 3.00 bits per heavy atom. The molecular formula is C15H21BrN2S. The van der Waals surface area contributed by atoms with Crippen LogP contribution in [0.1, 0.15) is 24.1 Å². The van der Waals surface area contributed by atoms with Crippen molar-refractivity contribution in [1.29, 1.82) is 0 Å². The Labute approximate surface area is 127 Å². The van der Waals surface area contributed by atoms with Crippen LogP contribution in [0.4, 0.5) is 0 Å². The maximum atomic E-state index is 3.57. The minimum atomic E-state index is 0.916. The molecule has 3 saturated heterocycles. The summed E-state index contributed by atoms with van der Waals surface area (Å²) < 4.78 is 1.26. The highest BCUT2D eigenvalue weighted by molar-refractivity contribution is 9.11. The van der Waals surface area contributed by atoms with Gasteiger partial charge in [-0.15, -0.1) is 11.3 Å². The molecule has 4 heteroatoms. The van der Waals surface area contributed by atoms with Gasteiger partial charge in [0.25, 0.3) is 0 Å². The van der Waals surface area contributed by atoms with Gasteiger partial charge >= 0.3 is 0 Å². The zero-order valence-corrected chi connectivity index (χ0v) is 13.6. The van der Waals surface area contributed by atoms with Crippen LogP contribution < -0.4 is 0 Å². The van der Waals surface area contributed by atoms with E-state index in [2.05, 4.69) is 37.9 Å². The van der Waals surface area contributed by atoms with Crippen LogP contribution in [0.2, 0.25) is 0 Å². The maximum absolute atomic E-state index is 3.57. The van der Waals surface area contributed by atoms with Gasteiger partial charge in [0.1, 0.15) is 0 Å². The van der Waals surface area contributed by atoms with Gasteiger partial charge < -0.3 is 0 Å². The van der Waals surface area contributed by atoms with Gasteiger partial charge in [-0.25, -0.2) is 0 Å². The molecule has 4 rings (SSSR count). The summed E-state index contributed by atoms with van der Waals surface area (Å²) in [7, 11) is 0. The average Bonchev–Trinajstić information content (AvgIpc) is 3.04. The van der Waals surface area contributed by atoms with Gasteiger partial charge in [-0.1, -0.05) is 6.42 Å². The van der Waals surface area contributed by atoms with Gasteiger partial charge in [-0.2, -0.15) is 0 Å². The van der Waals surface area contributed by atoms with Crippen LogP contribution in [0.25, 0.3) is 0 Å². The fourth-order valence-electron chi connectivity index (χ4n) is 4.43. The molecule has 0 bridgehead atoms. The van der Waals surface area contributed by atoms with Crippen LogP contribution in [0.5, 0.6) is 0 Å². The van der Waals surface area contributed by atoms with E-state index in [-0.39, 0.29) is 0 Å². The second-order valence-corrected chi connectivity index (χ2v) is 8.93. The Morgan fingerprint density at radius 2 is 2.16 bits per heavy atom. The number of likely N-dealkylation sites (tertiary alicyclic amines) is 1. The summed E-state index contributed by atoms with van der Waals surface area (Å²) in [6.45, 7) is 6.57. The highest BCUT2D eigenvalue weighted by Gasteiger charge is 2.46. The molecule has 3 aliphatic heterocycles. The summed E-state index contributed by atoms with van der Waals surface area (Å²) in [5.41, 5.74) is 0. The third kappa shape index (κ3) is 2.41. The Morgan fingerprint density at radius 1 is 1.21 bits per heavy atom. The molecule has 3 aliphatic rings. The Balaban J connectivity index is 1.41. The first-order valence-corrected chi connectivity index (χ1v) is 9.11. The summed E-state index contributed by atoms with van der Waals surface area (Å²) in [5, 5.41) is 0. The second-order valence-electron chi connectivity index (χ2n) is 6.38. The highest BCUT2D eigenvalue weighted by atomic mass is 79.9. The Hall–Kier alpha value is 0.1000. The largest absolute Gasteiger partial charge is 0.300 e. The topological polar surface area (TPSA) is 6.48 Å². The quantitative estimate of drug-likeness (QED) is 0.813. The SMILES string of the molecule is Brc1ccc(CN2CC3CN4CCCCC4C3C2)s1. The molecule has 1 aromatic heterocycles. The Kier molecular flexibility index (Phi) is 3.46. The van der Waals surface area contributed by atoms with Crippen LogP contribution in [0.15, 0.2) is 15.9 Å². The Bertz CT molecular complexity index is 461. The van der Waals surface area contributed by atoms with Crippen molar-refractivity contribution in [2.24, 2.45) is 11.8 Å². The predicted molar refractivity (Wildman–Crippen MR) is 83.5 cm³/mol. The van der Waals surface area contributed by atoms with Crippen molar-refractivity contribution in [2.45, 2.75) is 31.8 Å². The molecule has 4 heterocycles. The van der Waals surface area contributed by atoms with Crippen molar-refractivity contribution < 1.29 is 0 Å². The van der Waals surface area contributed by atoms with Crippen molar-refractivity contribution in [1.82, 2.24) is 9.80 Å². The number of thiophene rings is 1. The molecule has 104 valence electrons. The van der Waals surface area contributed by atoms with E-state index in [0.29, 0.717) is 0 Å². The van der Waals surface area contributed by atoms with E-state index in [1.807, 2.05) is 11.3 Å². The molecule has 0 radical (unpaired) electrons. The molecule has 0 saturated carbocycles. The zero-order valence-electron chi connectivity index (χ0n) is 11.2. The monoisotopic (exact) mass is 340 g/mol. The smallest absolute Gasteiger partial charge is 0.0701 e. The van der Waals surface area contributed by atoms with E-state index >= 15 is 0 Å². The van der Waals surface area contributed by atoms with Gasteiger partial charge in [0.05, 0.1) is 3.79 Å². The first-order valence-electron chi connectivity index (χ1n) is 7.50. The van der Waals surface area contributed by atoms with Crippen LogP contribution >= 0.6 is 27.3 Å². The van der Waals surface area contributed by atoms with Crippen molar-refractivity contribution in [3.63, 3.8) is 0 Å². The molecule has 0 spiro atoms. The molecule has 0 N–H and O–H groups in total. The number of hydrogen-bond acceptors (Lipinski definition) is 3. The lowest BCUT2D eigenvalue weighted by atomic mass is 9.90. The number of rotatable bonds is 2. The van der Waals surface area contributed by atoms with Crippen LogP contribution in [0.3, 0.4) is 0 Å². The molecule has 0 aromatic carbocycles. The number of fused-ring (bicyclic) bond motifs is 3. The van der Waals surface area contributed by atoms with Crippen molar-refractivity contribution >= 4 is 27.3 Å². The first-order chi connectivity index (χ1) is 9.29. The van der Waals surface area contributed by atoms with Crippen molar-refractivity contribution in [3.8, 4) is 0 Å². The summed E-state index contributed by atoms with van der Waals surface area (Å²) in [6.07, 6.45) is 4.35. The first kappa shape index (κ1) is 12.8. The summed E-state index contributed by atoms with van der Waals surface area (Å²) in [6, 6.07) is 5.37. The number of hydrogen-bond donors (Lipinski definition) is 0. The van der Waals surface area contributed by atoms with Gasteiger partial charge in [-0.05, 0) is 59.3 Å². The molecule has 19 heavy (non-hydrogen) atoms. The molecule has 3 fully saturated rings. The predicted octanol–water partition coefficient (Wildman–Crippen LogP) is 3.43. The van der Waals surface area contributed by atoms with Gasteiger partial charge in [0.2, 0.25) is 0 Å². The zero-order chi connectivity index (χ0) is 12.8. The summed E-state index contributed by atoms with van der Waals surface area (Å²) in [4.78, 5) is 6.99. The molecule has 2 nitrogen and oxygen atoms in total. The normalized spacial score (nSPS) is 35.5. The van der Waals surface area contributed by atoms with Gasteiger partial charge in [0, 0.05) is 37.1 Å². The molecule has 0 aliphatic carbocycles. The average molecular weight is 341 g/mol. The third-order valence-electron chi connectivity index (χ3n) is 5.20. The minimum absolute atomic E-state index is 0.916. The number of piperidine rings is 1. The van der Waals surface area contributed by atoms with Gasteiger partial charge in [-0.3, -0.25) is 9.80 Å². The number of halogens is 1. The highest BCUT2D eigenvalue weighted by Crippen LogP contribution is 2.41. The van der Waals surface area contributed by atoms with Crippen LogP contribution in [0, 0.1) is 11.8 Å². The lowest BCUT2D eigenvalue weighted by Crippen LogP contribution is -2.39. The molecule has 3 atom stereocenters. The van der Waals surface area contributed by atoms with E-state index in [0.717, 1.165) is 24.4 Å². The number of nitrogens with zero attached hydrogens (tertiary/aromatic N) is 2. The van der Waals surface area contributed by atoms with Crippen LogP contribution in [-0.2, 0) is 6.54 Å². The molecular weight excluding hydrogens is 320 g/mol. The lowest BCUT2D eigenvalue weighted by Gasteiger charge is -2.33. The molecule has 1 aromatic rings. The van der Waals surface area contributed by atoms with Crippen molar-refractivity contribution in [2.75, 3.05) is 26.2 Å². The van der Waals surface area contributed by atoms with E-state index in [4.69, 9.17) is 0 Å². The molecule has 0 amide bonds. The van der Waals surface area contributed by atoms with Crippen molar-refractivity contribution in [3.05, 3.63) is 20.8 Å². The fraction of sp³-hybridized carbons (Fsp3) is 0.733. The maximum Gasteiger partial charge on any atom is 0.0701 e. The minimum Gasteiger partial charge on any atom is -0.300 e. The van der Waals surface area contributed by atoms with E-state index in [1.165, 1.54) is 54.1 Å². The summed E-state index contributed by atoms with van der Waals surface area (Å²) in [5.74, 6) is 1.91.